The van der Waals surface area contributed by atoms with E-state index in [-0.39, 0.29) is 5.97 Å². The Morgan fingerprint density at radius 2 is 2.36 bits per heavy atom. The first-order chi connectivity index (χ1) is 6.51. The number of esters is 1. The number of ether oxygens (including phenoxy) is 1. The lowest BCUT2D eigenvalue weighted by Gasteiger charge is -2.56. The highest BCUT2D eigenvalue weighted by Gasteiger charge is 2.51. The molecule has 78 valence electrons. The van der Waals surface area contributed by atoms with Crippen LogP contribution in [-0.4, -0.2) is 12.6 Å². The molecule has 3 aliphatic carbocycles. The summed E-state index contributed by atoms with van der Waals surface area (Å²) in [6.45, 7) is 6.63. The predicted molar refractivity (Wildman–Crippen MR) is 54.7 cm³/mol. The van der Waals surface area contributed by atoms with Crippen LogP contribution in [0.1, 0.15) is 33.6 Å². The molecule has 2 nitrogen and oxygen atoms in total. The molecule has 14 heavy (non-hydrogen) atoms. The summed E-state index contributed by atoms with van der Waals surface area (Å²) in [4.78, 5) is 10.7. The van der Waals surface area contributed by atoms with Crippen LogP contribution in [0.4, 0.5) is 0 Å². The fraction of sp³-hybridized carbons (Fsp3) is 0.750. The van der Waals surface area contributed by atoms with E-state index in [4.69, 9.17) is 4.74 Å². The van der Waals surface area contributed by atoms with Gasteiger partial charge in [0.25, 0.3) is 0 Å². The second kappa shape index (κ2) is 3.11. The maximum absolute atomic E-state index is 10.7. The Kier molecular flexibility index (Phi) is 2.17. The maximum Gasteiger partial charge on any atom is 0.302 e. The van der Waals surface area contributed by atoms with Gasteiger partial charge in [-0.15, -0.1) is 0 Å². The third kappa shape index (κ3) is 1.37. The Labute approximate surface area is 85.3 Å². The molecule has 1 saturated carbocycles. The minimum atomic E-state index is -0.176. The third-order valence-electron chi connectivity index (χ3n) is 4.02. The minimum Gasteiger partial charge on any atom is -0.461 e. The number of allylic oxidation sites excluding steroid dienone is 1. The number of hydrogen-bond donors (Lipinski definition) is 0. The topological polar surface area (TPSA) is 26.3 Å². The molecule has 0 amide bonds. The Morgan fingerprint density at radius 1 is 1.64 bits per heavy atom. The van der Waals surface area contributed by atoms with E-state index < -0.39 is 0 Å². The van der Waals surface area contributed by atoms with E-state index in [2.05, 4.69) is 19.9 Å². The Hall–Kier alpha value is -0.790. The Bertz CT molecular complexity index is 289. The second-order valence-electron chi connectivity index (χ2n) is 5.10. The van der Waals surface area contributed by atoms with Crippen molar-refractivity contribution in [2.24, 2.45) is 17.3 Å². The quantitative estimate of drug-likeness (QED) is 0.499. The minimum absolute atomic E-state index is 0.176. The lowest BCUT2D eigenvalue weighted by Crippen LogP contribution is -2.48. The van der Waals surface area contributed by atoms with Crippen molar-refractivity contribution in [2.75, 3.05) is 6.61 Å². The SMILES string of the molecule is CC(=O)OCC1=CCC2C[C@@H]1C2(C)C. The molecule has 0 aromatic rings. The van der Waals surface area contributed by atoms with Crippen LogP contribution < -0.4 is 0 Å². The van der Waals surface area contributed by atoms with Gasteiger partial charge in [-0.3, -0.25) is 4.79 Å². The van der Waals surface area contributed by atoms with Crippen LogP contribution in [0.25, 0.3) is 0 Å². The first kappa shape index (κ1) is 9.75. The summed E-state index contributed by atoms with van der Waals surface area (Å²) in [5.41, 5.74) is 1.78. The van der Waals surface area contributed by atoms with E-state index in [0.717, 1.165) is 5.92 Å². The van der Waals surface area contributed by atoms with Gasteiger partial charge in [0.15, 0.2) is 0 Å². The summed E-state index contributed by atoms with van der Waals surface area (Å²) in [6.07, 6.45) is 4.73. The summed E-state index contributed by atoms with van der Waals surface area (Å²) in [7, 11) is 0. The lowest BCUT2D eigenvalue weighted by molar-refractivity contribution is -0.140. The van der Waals surface area contributed by atoms with E-state index in [9.17, 15) is 4.79 Å². The zero-order valence-corrected chi connectivity index (χ0v) is 9.17. The van der Waals surface area contributed by atoms with Gasteiger partial charge in [0, 0.05) is 6.92 Å². The van der Waals surface area contributed by atoms with Gasteiger partial charge in [-0.25, -0.2) is 0 Å². The van der Waals surface area contributed by atoms with E-state index in [1.807, 2.05) is 0 Å². The highest BCUT2D eigenvalue weighted by molar-refractivity contribution is 5.66. The molecule has 2 atom stereocenters. The number of carbonyl (C=O) groups excluding carboxylic acids is 1. The van der Waals surface area contributed by atoms with Gasteiger partial charge in [-0.2, -0.15) is 0 Å². The summed E-state index contributed by atoms with van der Waals surface area (Å²) in [5.74, 6) is 1.33. The molecule has 0 aromatic heterocycles. The van der Waals surface area contributed by atoms with Crippen molar-refractivity contribution in [3.8, 4) is 0 Å². The van der Waals surface area contributed by atoms with Crippen molar-refractivity contribution < 1.29 is 9.53 Å². The molecule has 0 aromatic carbocycles. The molecule has 1 fully saturated rings. The highest BCUT2D eigenvalue weighted by Crippen LogP contribution is 2.59. The van der Waals surface area contributed by atoms with E-state index >= 15 is 0 Å². The molecule has 0 N–H and O–H groups in total. The molecule has 2 heteroatoms. The lowest BCUT2D eigenvalue weighted by atomic mass is 9.49. The van der Waals surface area contributed by atoms with Crippen LogP contribution in [0.15, 0.2) is 11.6 Å². The number of carbonyl (C=O) groups is 1. The molecule has 2 bridgehead atoms. The van der Waals surface area contributed by atoms with E-state index in [1.165, 1.54) is 25.3 Å². The summed E-state index contributed by atoms with van der Waals surface area (Å²) in [6, 6.07) is 0. The number of fused-ring (bicyclic) bond motifs is 1. The molecule has 3 aliphatic rings. The van der Waals surface area contributed by atoms with Crippen LogP contribution in [0, 0.1) is 17.3 Å². The molecular formula is C12H18O2. The molecule has 0 saturated heterocycles. The van der Waals surface area contributed by atoms with Crippen molar-refractivity contribution >= 4 is 5.97 Å². The third-order valence-corrected chi connectivity index (χ3v) is 4.02. The van der Waals surface area contributed by atoms with Crippen LogP contribution in [-0.2, 0) is 9.53 Å². The number of hydrogen-bond acceptors (Lipinski definition) is 2. The second-order valence-corrected chi connectivity index (χ2v) is 5.10. The smallest absolute Gasteiger partial charge is 0.302 e. The summed E-state index contributed by atoms with van der Waals surface area (Å²) >= 11 is 0. The molecule has 0 radical (unpaired) electrons. The van der Waals surface area contributed by atoms with Crippen molar-refractivity contribution in [3.05, 3.63) is 11.6 Å². The van der Waals surface area contributed by atoms with E-state index in [0.29, 0.717) is 17.9 Å². The maximum atomic E-state index is 10.7. The van der Waals surface area contributed by atoms with Gasteiger partial charge >= 0.3 is 5.97 Å². The van der Waals surface area contributed by atoms with Gasteiger partial charge in [0.05, 0.1) is 0 Å². The fourth-order valence-electron chi connectivity index (χ4n) is 2.83. The van der Waals surface area contributed by atoms with Crippen LogP contribution in [0.5, 0.6) is 0 Å². The Balaban J connectivity index is 2.00. The average Bonchev–Trinajstić information content (AvgIpc) is 2.14. The molecule has 0 spiro atoms. The standard InChI is InChI=1S/C12H18O2/c1-8(13)14-7-9-4-5-10-6-11(9)12(10,2)3/h4,10-11H,5-7H2,1-3H3/t10?,11-/m0/s1. The molecule has 0 aliphatic heterocycles. The fourth-order valence-corrected chi connectivity index (χ4v) is 2.83. The van der Waals surface area contributed by atoms with Crippen LogP contribution in [0.2, 0.25) is 0 Å². The zero-order valence-electron chi connectivity index (χ0n) is 9.17. The zero-order chi connectivity index (χ0) is 10.3. The van der Waals surface area contributed by atoms with Crippen LogP contribution in [0.3, 0.4) is 0 Å². The van der Waals surface area contributed by atoms with Crippen LogP contribution >= 0.6 is 0 Å². The predicted octanol–water partition coefficient (Wildman–Crippen LogP) is 2.54. The molecule has 1 unspecified atom stereocenters. The Morgan fingerprint density at radius 3 is 2.86 bits per heavy atom. The monoisotopic (exact) mass is 194 g/mol. The number of rotatable bonds is 2. The molecule has 0 heterocycles. The first-order valence-corrected chi connectivity index (χ1v) is 5.34. The highest BCUT2D eigenvalue weighted by atomic mass is 16.5. The van der Waals surface area contributed by atoms with Crippen molar-refractivity contribution in [1.82, 2.24) is 0 Å². The molecule has 3 rings (SSSR count). The van der Waals surface area contributed by atoms with Gasteiger partial charge in [0.2, 0.25) is 0 Å². The average molecular weight is 194 g/mol. The molecular weight excluding hydrogens is 176 g/mol. The normalized spacial score (nSPS) is 32.9. The van der Waals surface area contributed by atoms with Crippen molar-refractivity contribution in [1.29, 1.82) is 0 Å². The summed E-state index contributed by atoms with van der Waals surface area (Å²) < 4.78 is 5.06. The summed E-state index contributed by atoms with van der Waals surface area (Å²) in [5, 5.41) is 0. The van der Waals surface area contributed by atoms with Gasteiger partial charge in [-0.1, -0.05) is 19.9 Å². The van der Waals surface area contributed by atoms with Gasteiger partial charge in [0.1, 0.15) is 6.61 Å². The van der Waals surface area contributed by atoms with Crippen molar-refractivity contribution in [2.45, 2.75) is 33.6 Å². The largest absolute Gasteiger partial charge is 0.461 e. The first-order valence-electron chi connectivity index (χ1n) is 5.34. The van der Waals surface area contributed by atoms with E-state index in [1.54, 1.807) is 0 Å². The van der Waals surface area contributed by atoms with Gasteiger partial charge < -0.3 is 4.74 Å². The van der Waals surface area contributed by atoms with Crippen molar-refractivity contribution in [3.63, 3.8) is 0 Å². The van der Waals surface area contributed by atoms with Gasteiger partial charge in [-0.05, 0) is 35.7 Å².